The summed E-state index contributed by atoms with van der Waals surface area (Å²) in [7, 11) is 1.97. The molecule has 0 radical (unpaired) electrons. The van der Waals surface area contributed by atoms with Crippen LogP contribution in [-0.4, -0.2) is 28.4 Å². The van der Waals surface area contributed by atoms with E-state index in [4.69, 9.17) is 0 Å². The second-order valence-corrected chi connectivity index (χ2v) is 5.19. The number of nitrogens with one attached hydrogen (secondary N) is 1. The van der Waals surface area contributed by atoms with Crippen molar-refractivity contribution in [3.05, 3.63) is 18.2 Å². The van der Waals surface area contributed by atoms with Gasteiger partial charge >= 0.3 is 0 Å². The Bertz CT molecular complexity index is 391. The molecule has 4 nitrogen and oxygen atoms in total. The van der Waals surface area contributed by atoms with Crippen LogP contribution in [0.5, 0.6) is 0 Å². The van der Waals surface area contributed by atoms with Crippen molar-refractivity contribution >= 4 is 5.78 Å². The van der Waals surface area contributed by atoms with Gasteiger partial charge in [-0.1, -0.05) is 6.92 Å². The molecule has 2 rings (SSSR count). The number of aryl methyl sites for hydroxylation is 2. The molecule has 0 aromatic carbocycles. The molecule has 0 spiro atoms. The molecule has 1 aliphatic heterocycles. The van der Waals surface area contributed by atoms with Crippen LogP contribution in [0.2, 0.25) is 0 Å². The number of hydrogen-bond acceptors (Lipinski definition) is 3. The molecule has 0 aliphatic carbocycles. The molecule has 1 fully saturated rings. The average molecular weight is 235 g/mol. The van der Waals surface area contributed by atoms with Gasteiger partial charge in [-0.3, -0.25) is 4.79 Å². The minimum atomic E-state index is -0.115. The highest BCUT2D eigenvalue weighted by Crippen LogP contribution is 2.30. The lowest BCUT2D eigenvalue weighted by Gasteiger charge is -2.32. The highest BCUT2D eigenvalue weighted by atomic mass is 16.1. The number of piperidine rings is 1. The molecule has 1 N–H and O–H groups in total. The maximum absolute atomic E-state index is 12.3. The quantitative estimate of drug-likeness (QED) is 0.856. The van der Waals surface area contributed by atoms with Gasteiger partial charge < -0.3 is 9.88 Å². The number of Topliss-reactive ketones (excluding diaryl/α,β-unsaturated/α-hetero) is 1. The summed E-state index contributed by atoms with van der Waals surface area (Å²) in [6, 6.07) is 0. The molecule has 1 aromatic heterocycles. The van der Waals surface area contributed by atoms with Crippen molar-refractivity contribution in [1.29, 1.82) is 0 Å². The maximum Gasteiger partial charge on any atom is 0.139 e. The van der Waals surface area contributed by atoms with Crippen LogP contribution in [-0.2, 0) is 18.3 Å². The molecule has 0 bridgehead atoms. The van der Waals surface area contributed by atoms with E-state index >= 15 is 0 Å². The number of aromatic nitrogens is 2. The Kier molecular flexibility index (Phi) is 3.62. The van der Waals surface area contributed by atoms with E-state index in [1.165, 1.54) is 0 Å². The number of ketones is 1. The van der Waals surface area contributed by atoms with Crippen LogP contribution in [0.15, 0.2) is 12.4 Å². The van der Waals surface area contributed by atoms with Gasteiger partial charge in [-0.15, -0.1) is 0 Å². The van der Waals surface area contributed by atoms with Crippen molar-refractivity contribution in [3.63, 3.8) is 0 Å². The lowest BCUT2D eigenvalue weighted by Crippen LogP contribution is -2.40. The van der Waals surface area contributed by atoms with Crippen LogP contribution in [0.3, 0.4) is 0 Å². The van der Waals surface area contributed by atoms with Crippen molar-refractivity contribution in [3.8, 4) is 0 Å². The first-order valence-electron chi connectivity index (χ1n) is 6.32. The number of imidazole rings is 1. The molecular weight excluding hydrogens is 214 g/mol. The van der Waals surface area contributed by atoms with Crippen LogP contribution >= 0.6 is 0 Å². The molecule has 0 amide bonds. The lowest BCUT2D eigenvalue weighted by atomic mass is 9.76. The monoisotopic (exact) mass is 235 g/mol. The van der Waals surface area contributed by atoms with Crippen molar-refractivity contribution in [2.24, 2.45) is 12.5 Å². The zero-order chi connectivity index (χ0) is 12.3. The summed E-state index contributed by atoms with van der Waals surface area (Å²) in [5, 5.41) is 3.30. The van der Waals surface area contributed by atoms with E-state index < -0.39 is 0 Å². The SMILES string of the molecule is Cn1ccnc1CCC(=O)C1(C)CCNCC1. The van der Waals surface area contributed by atoms with E-state index in [0.29, 0.717) is 12.2 Å². The molecule has 2 heterocycles. The van der Waals surface area contributed by atoms with E-state index in [0.717, 1.165) is 38.2 Å². The number of carbonyl (C=O) groups excluding carboxylic acids is 1. The molecule has 17 heavy (non-hydrogen) atoms. The summed E-state index contributed by atoms with van der Waals surface area (Å²) in [5.41, 5.74) is -0.115. The van der Waals surface area contributed by atoms with Crippen LogP contribution in [0, 0.1) is 5.41 Å². The fourth-order valence-electron chi connectivity index (χ4n) is 2.42. The normalized spacial score (nSPS) is 19.2. The van der Waals surface area contributed by atoms with E-state index in [1.807, 2.05) is 17.8 Å². The van der Waals surface area contributed by atoms with E-state index in [2.05, 4.69) is 17.2 Å². The van der Waals surface area contributed by atoms with Crippen molar-refractivity contribution in [1.82, 2.24) is 14.9 Å². The van der Waals surface area contributed by atoms with Crippen LogP contribution < -0.4 is 5.32 Å². The molecule has 0 atom stereocenters. The number of carbonyl (C=O) groups is 1. The predicted octanol–water partition coefficient (Wildman–Crippen LogP) is 1.31. The molecule has 1 saturated heterocycles. The molecule has 94 valence electrons. The maximum atomic E-state index is 12.3. The summed E-state index contributed by atoms with van der Waals surface area (Å²) >= 11 is 0. The Morgan fingerprint density at radius 2 is 2.24 bits per heavy atom. The largest absolute Gasteiger partial charge is 0.338 e. The fourth-order valence-corrected chi connectivity index (χ4v) is 2.42. The van der Waals surface area contributed by atoms with Gasteiger partial charge in [0.05, 0.1) is 0 Å². The van der Waals surface area contributed by atoms with Gasteiger partial charge in [-0.2, -0.15) is 0 Å². The van der Waals surface area contributed by atoms with E-state index in [1.54, 1.807) is 6.20 Å². The molecule has 4 heteroatoms. The minimum Gasteiger partial charge on any atom is -0.338 e. The van der Waals surface area contributed by atoms with Gasteiger partial charge in [0.25, 0.3) is 0 Å². The van der Waals surface area contributed by atoms with Gasteiger partial charge in [0, 0.05) is 37.7 Å². The number of rotatable bonds is 4. The molecular formula is C13H21N3O. The van der Waals surface area contributed by atoms with Crippen LogP contribution in [0.25, 0.3) is 0 Å². The first-order valence-corrected chi connectivity index (χ1v) is 6.32. The molecule has 1 aliphatic rings. The second kappa shape index (κ2) is 5.00. The lowest BCUT2D eigenvalue weighted by molar-refractivity contribution is -0.129. The third-order valence-corrected chi connectivity index (χ3v) is 3.88. The van der Waals surface area contributed by atoms with Crippen molar-refractivity contribution in [2.75, 3.05) is 13.1 Å². The van der Waals surface area contributed by atoms with Gasteiger partial charge in [0.2, 0.25) is 0 Å². The highest BCUT2D eigenvalue weighted by molar-refractivity contribution is 5.84. The standard InChI is InChI=1S/C13H21N3O/c1-13(5-7-14-8-6-13)11(17)3-4-12-15-9-10-16(12)2/h9-10,14H,3-8H2,1-2H3. The minimum absolute atomic E-state index is 0.115. The zero-order valence-electron chi connectivity index (χ0n) is 10.7. The zero-order valence-corrected chi connectivity index (χ0v) is 10.7. The first-order chi connectivity index (χ1) is 8.12. The van der Waals surface area contributed by atoms with E-state index in [-0.39, 0.29) is 5.41 Å². The summed E-state index contributed by atoms with van der Waals surface area (Å²) < 4.78 is 1.98. The molecule has 1 aromatic rings. The third-order valence-electron chi connectivity index (χ3n) is 3.88. The Hall–Kier alpha value is -1.16. The van der Waals surface area contributed by atoms with Crippen molar-refractivity contribution < 1.29 is 4.79 Å². The predicted molar refractivity (Wildman–Crippen MR) is 66.7 cm³/mol. The Labute approximate surface area is 102 Å². The highest BCUT2D eigenvalue weighted by Gasteiger charge is 2.33. The van der Waals surface area contributed by atoms with Gasteiger partial charge in [-0.25, -0.2) is 4.98 Å². The smallest absolute Gasteiger partial charge is 0.139 e. The molecule has 0 unspecified atom stereocenters. The summed E-state index contributed by atoms with van der Waals surface area (Å²) in [4.78, 5) is 16.5. The number of hydrogen-bond donors (Lipinski definition) is 1. The Balaban J connectivity index is 1.91. The second-order valence-electron chi connectivity index (χ2n) is 5.19. The third kappa shape index (κ3) is 2.75. The van der Waals surface area contributed by atoms with Crippen LogP contribution in [0.4, 0.5) is 0 Å². The summed E-state index contributed by atoms with van der Waals surface area (Å²) in [5.74, 6) is 1.39. The Morgan fingerprint density at radius 1 is 1.53 bits per heavy atom. The van der Waals surface area contributed by atoms with Crippen LogP contribution in [0.1, 0.15) is 32.0 Å². The van der Waals surface area contributed by atoms with E-state index in [9.17, 15) is 4.79 Å². The average Bonchev–Trinajstić information content (AvgIpc) is 2.73. The topological polar surface area (TPSA) is 46.9 Å². The van der Waals surface area contributed by atoms with Gasteiger partial charge in [-0.05, 0) is 25.9 Å². The fraction of sp³-hybridized carbons (Fsp3) is 0.692. The first kappa shape index (κ1) is 12.3. The van der Waals surface area contributed by atoms with Gasteiger partial charge in [0.15, 0.2) is 0 Å². The molecule has 0 saturated carbocycles. The van der Waals surface area contributed by atoms with Crippen molar-refractivity contribution in [2.45, 2.75) is 32.6 Å². The van der Waals surface area contributed by atoms with Gasteiger partial charge in [0.1, 0.15) is 11.6 Å². The Morgan fingerprint density at radius 3 is 2.82 bits per heavy atom. The number of nitrogens with zero attached hydrogens (tertiary/aromatic N) is 2. The summed E-state index contributed by atoms with van der Waals surface area (Å²) in [6.07, 6.45) is 7.00. The summed E-state index contributed by atoms with van der Waals surface area (Å²) in [6.45, 7) is 4.03.